The average molecular weight is 250 g/mol. The fourth-order valence-corrected chi connectivity index (χ4v) is 2.41. The molecule has 0 amide bonds. The molecule has 0 radical (unpaired) electrons. The van der Waals surface area contributed by atoms with Crippen molar-refractivity contribution in [3.05, 3.63) is 52.9 Å². The van der Waals surface area contributed by atoms with Crippen LogP contribution in [0.2, 0.25) is 0 Å². The van der Waals surface area contributed by atoms with Crippen molar-refractivity contribution in [3.63, 3.8) is 0 Å². The van der Waals surface area contributed by atoms with E-state index in [0.29, 0.717) is 5.69 Å². The van der Waals surface area contributed by atoms with Gasteiger partial charge in [0.25, 0.3) is 0 Å². The maximum Gasteiger partial charge on any atom is 0.215 e. The molecular formula is C14H12N5+. The number of anilines is 1. The molecule has 0 bridgehead atoms. The van der Waals surface area contributed by atoms with E-state index in [1.165, 1.54) is 0 Å². The molecule has 3 rings (SSSR count). The molecule has 0 saturated carbocycles. The molecule has 0 aliphatic heterocycles. The van der Waals surface area contributed by atoms with Gasteiger partial charge in [0.15, 0.2) is 0 Å². The maximum absolute atomic E-state index is 8.51. The summed E-state index contributed by atoms with van der Waals surface area (Å²) in [4.78, 5) is 2.81. The predicted octanol–water partition coefficient (Wildman–Crippen LogP) is 3.34. The van der Waals surface area contributed by atoms with Crippen LogP contribution >= 0.6 is 0 Å². The number of aromatic nitrogens is 1. The lowest BCUT2D eigenvalue weighted by Gasteiger charge is -2.06. The van der Waals surface area contributed by atoms with Gasteiger partial charge in [0.05, 0.1) is 16.5 Å². The summed E-state index contributed by atoms with van der Waals surface area (Å²) >= 11 is 0. The SMILES string of the molecule is C[n+]1c2ccccc2c(N)c2ccc(N=[N+]=[N-])cc21. The third-order valence-corrected chi connectivity index (χ3v) is 3.35. The molecule has 0 aliphatic carbocycles. The summed E-state index contributed by atoms with van der Waals surface area (Å²) in [6.07, 6.45) is 0. The standard InChI is InChI=1S/C14H11N5/c1-19-12-5-3-2-4-10(12)14(15)11-7-6-9(17-18-16)8-13(11)19/h2-8,15H,1H3/p+1. The van der Waals surface area contributed by atoms with Crippen molar-refractivity contribution in [3.8, 4) is 0 Å². The highest BCUT2D eigenvalue weighted by atomic mass is 15.1. The van der Waals surface area contributed by atoms with Gasteiger partial charge in [-0.25, -0.2) is 0 Å². The third-order valence-electron chi connectivity index (χ3n) is 3.35. The molecule has 92 valence electrons. The Morgan fingerprint density at radius 1 is 1.11 bits per heavy atom. The van der Waals surface area contributed by atoms with Crippen LogP contribution in [0, 0.1) is 0 Å². The summed E-state index contributed by atoms with van der Waals surface area (Å²) in [5.41, 5.74) is 18.1. The molecule has 0 fully saturated rings. The van der Waals surface area contributed by atoms with Gasteiger partial charge >= 0.3 is 0 Å². The van der Waals surface area contributed by atoms with Crippen molar-refractivity contribution in [1.29, 1.82) is 0 Å². The van der Waals surface area contributed by atoms with Crippen LogP contribution in [-0.4, -0.2) is 0 Å². The number of hydrogen-bond donors (Lipinski definition) is 1. The Bertz CT molecular complexity index is 847. The number of aryl methyl sites for hydroxylation is 1. The smallest absolute Gasteiger partial charge is 0.215 e. The number of pyridine rings is 1. The first-order chi connectivity index (χ1) is 9.22. The Kier molecular flexibility index (Phi) is 2.47. The first kappa shape index (κ1) is 11.3. The van der Waals surface area contributed by atoms with Crippen molar-refractivity contribution in [2.75, 3.05) is 5.73 Å². The minimum absolute atomic E-state index is 0.584. The first-order valence-electron chi connectivity index (χ1n) is 5.87. The van der Waals surface area contributed by atoms with Crippen LogP contribution in [0.15, 0.2) is 47.6 Å². The van der Waals surface area contributed by atoms with E-state index < -0.39 is 0 Å². The summed E-state index contributed by atoms with van der Waals surface area (Å²) in [5, 5.41) is 5.61. The van der Waals surface area contributed by atoms with Crippen molar-refractivity contribution in [2.24, 2.45) is 12.2 Å². The van der Waals surface area contributed by atoms with Crippen molar-refractivity contribution in [2.45, 2.75) is 0 Å². The lowest BCUT2D eigenvalue weighted by molar-refractivity contribution is -0.617. The molecule has 0 atom stereocenters. The largest absolute Gasteiger partial charge is 0.397 e. The van der Waals surface area contributed by atoms with E-state index in [1.807, 2.05) is 43.4 Å². The molecular weight excluding hydrogens is 238 g/mol. The second-order valence-corrected chi connectivity index (χ2v) is 4.38. The summed E-state index contributed by atoms with van der Waals surface area (Å²) < 4.78 is 2.05. The summed E-state index contributed by atoms with van der Waals surface area (Å²) in [6, 6.07) is 13.5. The number of rotatable bonds is 1. The molecule has 1 heterocycles. The van der Waals surface area contributed by atoms with Crippen LogP contribution in [0.5, 0.6) is 0 Å². The fraction of sp³-hybridized carbons (Fsp3) is 0.0714. The molecule has 5 nitrogen and oxygen atoms in total. The van der Waals surface area contributed by atoms with Crippen molar-refractivity contribution >= 4 is 33.2 Å². The highest BCUT2D eigenvalue weighted by Gasteiger charge is 2.15. The number of hydrogen-bond acceptors (Lipinski definition) is 2. The van der Waals surface area contributed by atoms with Crippen LogP contribution in [-0.2, 0) is 7.05 Å². The quantitative estimate of drug-likeness (QED) is 0.232. The van der Waals surface area contributed by atoms with Gasteiger partial charge in [-0.3, -0.25) is 0 Å². The highest BCUT2D eigenvalue weighted by Crippen LogP contribution is 2.29. The predicted molar refractivity (Wildman–Crippen MR) is 75.8 cm³/mol. The summed E-state index contributed by atoms with van der Waals surface area (Å²) in [6.45, 7) is 0. The fourth-order valence-electron chi connectivity index (χ4n) is 2.41. The van der Waals surface area contributed by atoms with Gasteiger partial charge in [-0.15, -0.1) is 0 Å². The second-order valence-electron chi connectivity index (χ2n) is 4.38. The summed E-state index contributed by atoms with van der Waals surface area (Å²) in [7, 11) is 1.98. The van der Waals surface area contributed by atoms with Gasteiger partial charge in [-0.1, -0.05) is 23.3 Å². The van der Waals surface area contributed by atoms with E-state index in [9.17, 15) is 0 Å². The van der Waals surface area contributed by atoms with E-state index >= 15 is 0 Å². The molecule has 19 heavy (non-hydrogen) atoms. The molecule has 0 saturated heterocycles. The normalized spacial score (nSPS) is 10.6. The molecule has 2 N–H and O–H groups in total. The first-order valence-corrected chi connectivity index (χ1v) is 5.87. The van der Waals surface area contributed by atoms with Gasteiger partial charge in [-0.05, 0) is 17.7 Å². The molecule has 5 heteroatoms. The Hall–Kier alpha value is -2.78. The zero-order valence-corrected chi connectivity index (χ0v) is 10.4. The molecule has 0 unspecified atom stereocenters. The van der Waals surface area contributed by atoms with E-state index in [1.54, 1.807) is 6.07 Å². The average Bonchev–Trinajstić information content (AvgIpc) is 2.45. The van der Waals surface area contributed by atoms with Crippen LogP contribution in [0.3, 0.4) is 0 Å². The molecule has 0 aliphatic rings. The van der Waals surface area contributed by atoms with Gasteiger partial charge in [0.2, 0.25) is 11.0 Å². The highest BCUT2D eigenvalue weighted by molar-refractivity contribution is 6.04. The molecule has 3 aromatic rings. The Balaban J connectivity index is 2.52. The molecule has 2 aromatic carbocycles. The number of benzene rings is 2. The Morgan fingerprint density at radius 2 is 1.84 bits per heavy atom. The number of fused-ring (bicyclic) bond motifs is 2. The van der Waals surface area contributed by atoms with E-state index in [4.69, 9.17) is 11.3 Å². The van der Waals surface area contributed by atoms with Crippen LogP contribution < -0.4 is 10.3 Å². The van der Waals surface area contributed by atoms with E-state index in [-0.39, 0.29) is 0 Å². The topological polar surface area (TPSA) is 78.7 Å². The summed E-state index contributed by atoms with van der Waals surface area (Å²) in [5.74, 6) is 0. The zero-order chi connectivity index (χ0) is 13.4. The monoisotopic (exact) mass is 250 g/mol. The van der Waals surface area contributed by atoms with Crippen LogP contribution in [0.25, 0.3) is 32.2 Å². The zero-order valence-electron chi connectivity index (χ0n) is 10.4. The van der Waals surface area contributed by atoms with Crippen LogP contribution in [0.4, 0.5) is 11.4 Å². The lowest BCUT2D eigenvalue weighted by atomic mass is 10.1. The number of nitrogen functional groups attached to an aromatic ring is 1. The Labute approximate surface area is 109 Å². The van der Waals surface area contributed by atoms with E-state index in [0.717, 1.165) is 27.5 Å². The van der Waals surface area contributed by atoms with Crippen molar-refractivity contribution < 1.29 is 4.57 Å². The minimum Gasteiger partial charge on any atom is -0.397 e. The van der Waals surface area contributed by atoms with Crippen LogP contribution in [0.1, 0.15) is 0 Å². The maximum atomic E-state index is 8.51. The number of azide groups is 1. The second kappa shape index (κ2) is 4.15. The van der Waals surface area contributed by atoms with Gasteiger partial charge < -0.3 is 5.73 Å². The Morgan fingerprint density at radius 3 is 2.63 bits per heavy atom. The number of para-hydroxylation sites is 1. The lowest BCUT2D eigenvalue weighted by Crippen LogP contribution is -2.30. The van der Waals surface area contributed by atoms with Gasteiger partial charge in [-0.2, -0.15) is 4.57 Å². The number of nitrogens with two attached hydrogens (primary N) is 1. The van der Waals surface area contributed by atoms with Gasteiger partial charge in [0.1, 0.15) is 7.05 Å². The van der Waals surface area contributed by atoms with E-state index in [2.05, 4.69) is 14.6 Å². The van der Waals surface area contributed by atoms with Crippen molar-refractivity contribution in [1.82, 2.24) is 0 Å². The van der Waals surface area contributed by atoms with Gasteiger partial charge in [0, 0.05) is 22.7 Å². The number of nitrogens with zero attached hydrogens (tertiary/aromatic N) is 4. The molecule has 0 spiro atoms. The third kappa shape index (κ3) is 1.64. The minimum atomic E-state index is 0.584. The molecule has 1 aromatic heterocycles.